The number of hydrogen-bond acceptors (Lipinski definition) is 3. The SMILES string of the molecule is Cc1cc(/C=N\N2C(=O)[C@H]3C4c5ccccc5C(c5ccccc54)[C@@H]3C2=O)c(C)n1-c1cc(Cl)ccc1Cl. The van der Waals surface area contributed by atoms with Gasteiger partial charge in [-0.1, -0.05) is 71.7 Å². The molecule has 0 saturated carbocycles. The Kier molecular flexibility index (Phi) is 5.19. The second-order valence-corrected chi connectivity index (χ2v) is 11.1. The lowest BCUT2D eigenvalue weighted by Gasteiger charge is -2.45. The van der Waals surface area contributed by atoms with E-state index >= 15 is 0 Å². The summed E-state index contributed by atoms with van der Waals surface area (Å²) in [6.45, 7) is 3.92. The predicted molar refractivity (Wildman–Crippen MR) is 148 cm³/mol. The molecule has 8 rings (SSSR count). The van der Waals surface area contributed by atoms with Crippen molar-refractivity contribution in [1.82, 2.24) is 9.58 Å². The number of nitrogens with zero attached hydrogens (tertiary/aromatic N) is 3. The third-order valence-corrected chi connectivity index (χ3v) is 8.91. The minimum atomic E-state index is -0.452. The molecule has 4 aliphatic rings. The molecule has 38 heavy (non-hydrogen) atoms. The van der Waals surface area contributed by atoms with Gasteiger partial charge < -0.3 is 4.57 Å². The van der Waals surface area contributed by atoms with E-state index in [0.29, 0.717) is 10.0 Å². The monoisotopic (exact) mass is 539 g/mol. The van der Waals surface area contributed by atoms with Gasteiger partial charge in [-0.05, 0) is 60.4 Å². The highest BCUT2D eigenvalue weighted by Crippen LogP contribution is 2.60. The molecular formula is C31H23Cl2N3O2. The maximum atomic E-state index is 13.8. The molecule has 1 aromatic heterocycles. The van der Waals surface area contributed by atoms with Gasteiger partial charge in [0.15, 0.2) is 0 Å². The normalized spacial score (nSPS) is 23.2. The Morgan fingerprint density at radius 3 is 1.82 bits per heavy atom. The van der Waals surface area contributed by atoms with Crippen LogP contribution in [0.5, 0.6) is 0 Å². The number of amides is 2. The van der Waals surface area contributed by atoms with Crippen molar-refractivity contribution in [3.8, 4) is 5.69 Å². The van der Waals surface area contributed by atoms with Gasteiger partial charge in [-0.25, -0.2) is 0 Å². The highest BCUT2D eigenvalue weighted by Gasteiger charge is 2.61. The van der Waals surface area contributed by atoms with Crippen molar-refractivity contribution in [2.75, 3.05) is 0 Å². The first-order valence-electron chi connectivity index (χ1n) is 12.6. The fourth-order valence-corrected chi connectivity index (χ4v) is 7.21. The zero-order valence-corrected chi connectivity index (χ0v) is 22.2. The van der Waals surface area contributed by atoms with E-state index in [-0.39, 0.29) is 23.7 Å². The molecule has 2 heterocycles. The van der Waals surface area contributed by atoms with E-state index in [1.807, 2.05) is 54.8 Å². The fourth-order valence-electron chi connectivity index (χ4n) is 6.84. The standard InChI is InChI=1S/C31H23Cl2N3O2/c1-16-13-18(17(2)35(16)25-14-19(32)11-12-24(25)33)15-34-36-30(37)28-26-20-7-3-4-8-21(20)27(29(28)31(36)38)23-10-6-5-9-22(23)26/h3-15,26-29H,1-2H3/b34-15-/t26?,27?,28-,29-/m0/s1. The lowest BCUT2D eigenvalue weighted by atomic mass is 9.55. The van der Waals surface area contributed by atoms with Crippen LogP contribution in [0.3, 0.4) is 0 Å². The lowest BCUT2D eigenvalue weighted by molar-refractivity contribution is -0.139. The van der Waals surface area contributed by atoms with Gasteiger partial charge >= 0.3 is 0 Å². The van der Waals surface area contributed by atoms with Crippen molar-refractivity contribution in [3.63, 3.8) is 0 Å². The number of carbonyl (C=O) groups excluding carboxylic acids is 2. The number of aryl methyl sites for hydroxylation is 1. The average Bonchev–Trinajstić information content (AvgIpc) is 3.35. The molecule has 1 aliphatic heterocycles. The number of carbonyl (C=O) groups is 2. The third kappa shape index (κ3) is 3.15. The zero-order valence-electron chi connectivity index (χ0n) is 20.7. The summed E-state index contributed by atoms with van der Waals surface area (Å²) >= 11 is 12.7. The molecule has 0 unspecified atom stereocenters. The number of imide groups is 1. The zero-order chi connectivity index (χ0) is 26.3. The summed E-state index contributed by atoms with van der Waals surface area (Å²) in [7, 11) is 0. The van der Waals surface area contributed by atoms with Gasteiger partial charge in [-0.15, -0.1) is 0 Å². The Morgan fingerprint density at radius 1 is 0.763 bits per heavy atom. The van der Waals surface area contributed by atoms with Crippen LogP contribution in [0.4, 0.5) is 0 Å². The third-order valence-electron chi connectivity index (χ3n) is 8.36. The molecule has 0 radical (unpaired) electrons. The van der Waals surface area contributed by atoms with E-state index in [2.05, 4.69) is 29.4 Å². The second-order valence-electron chi connectivity index (χ2n) is 10.3. The number of rotatable bonds is 3. The van der Waals surface area contributed by atoms with Crippen LogP contribution in [0.2, 0.25) is 10.0 Å². The van der Waals surface area contributed by atoms with Crippen LogP contribution in [0, 0.1) is 25.7 Å². The summed E-state index contributed by atoms with van der Waals surface area (Å²) in [4.78, 5) is 27.6. The largest absolute Gasteiger partial charge is 0.316 e. The van der Waals surface area contributed by atoms with Gasteiger partial charge in [0.2, 0.25) is 0 Å². The van der Waals surface area contributed by atoms with E-state index < -0.39 is 11.8 Å². The molecule has 188 valence electrons. The highest BCUT2D eigenvalue weighted by atomic mass is 35.5. The summed E-state index contributed by atoms with van der Waals surface area (Å²) in [6, 6.07) is 23.7. The summed E-state index contributed by atoms with van der Waals surface area (Å²) in [5.74, 6) is -1.67. The van der Waals surface area contributed by atoms with E-state index in [4.69, 9.17) is 23.2 Å². The van der Waals surface area contributed by atoms with Crippen LogP contribution in [-0.4, -0.2) is 27.6 Å². The maximum Gasteiger partial charge on any atom is 0.254 e. The van der Waals surface area contributed by atoms with Gasteiger partial charge in [-0.2, -0.15) is 10.1 Å². The van der Waals surface area contributed by atoms with Gasteiger partial charge in [-0.3, -0.25) is 9.59 Å². The summed E-state index contributed by atoms with van der Waals surface area (Å²) in [5.41, 5.74) is 7.95. The van der Waals surface area contributed by atoms with Crippen LogP contribution >= 0.6 is 23.2 Å². The quantitative estimate of drug-likeness (QED) is 0.217. The van der Waals surface area contributed by atoms with E-state index in [1.54, 1.807) is 18.3 Å². The van der Waals surface area contributed by atoms with Gasteiger partial charge in [0.05, 0.1) is 28.8 Å². The van der Waals surface area contributed by atoms with Gasteiger partial charge in [0.25, 0.3) is 11.8 Å². The molecule has 2 amide bonds. The molecule has 7 heteroatoms. The summed E-state index contributed by atoms with van der Waals surface area (Å²) < 4.78 is 2.00. The molecule has 0 spiro atoms. The average molecular weight is 540 g/mol. The van der Waals surface area contributed by atoms with E-state index in [0.717, 1.165) is 49.9 Å². The maximum absolute atomic E-state index is 13.8. The van der Waals surface area contributed by atoms with Crippen molar-refractivity contribution in [2.45, 2.75) is 25.7 Å². The number of halogens is 2. The summed E-state index contributed by atoms with van der Waals surface area (Å²) in [6.07, 6.45) is 1.60. The van der Waals surface area contributed by atoms with Crippen LogP contribution in [0.15, 0.2) is 77.9 Å². The Bertz CT molecular complexity index is 1590. The molecule has 0 N–H and O–H groups in total. The Labute approximate surface area is 230 Å². The first-order chi connectivity index (χ1) is 18.4. The van der Waals surface area contributed by atoms with E-state index in [1.165, 1.54) is 0 Å². The van der Waals surface area contributed by atoms with Crippen molar-refractivity contribution < 1.29 is 9.59 Å². The fraction of sp³-hybridized carbons (Fsp3) is 0.194. The van der Waals surface area contributed by atoms with Crippen LogP contribution in [-0.2, 0) is 9.59 Å². The van der Waals surface area contributed by atoms with E-state index in [9.17, 15) is 9.59 Å². The Hall–Kier alpha value is -3.67. The minimum absolute atomic E-state index is 0.149. The smallest absolute Gasteiger partial charge is 0.254 e. The first-order valence-corrected chi connectivity index (χ1v) is 13.4. The molecule has 1 fully saturated rings. The number of aromatic nitrogens is 1. The molecule has 3 aromatic carbocycles. The number of hydrogen-bond donors (Lipinski definition) is 0. The number of hydrazone groups is 1. The van der Waals surface area contributed by atoms with Crippen LogP contribution < -0.4 is 0 Å². The molecule has 5 nitrogen and oxygen atoms in total. The molecule has 2 bridgehead atoms. The van der Waals surface area contributed by atoms with Crippen molar-refractivity contribution in [2.24, 2.45) is 16.9 Å². The predicted octanol–water partition coefficient (Wildman–Crippen LogP) is 6.63. The molecule has 1 saturated heterocycles. The summed E-state index contributed by atoms with van der Waals surface area (Å²) in [5, 5.41) is 6.75. The molecular weight excluding hydrogens is 517 g/mol. The molecule has 2 atom stereocenters. The van der Waals surface area contributed by atoms with Crippen molar-refractivity contribution in [3.05, 3.63) is 122 Å². The Morgan fingerprint density at radius 2 is 1.29 bits per heavy atom. The lowest BCUT2D eigenvalue weighted by Crippen LogP contribution is -2.41. The Balaban J connectivity index is 1.27. The minimum Gasteiger partial charge on any atom is -0.316 e. The molecule has 3 aliphatic carbocycles. The van der Waals surface area contributed by atoms with Crippen molar-refractivity contribution in [1.29, 1.82) is 0 Å². The second kappa shape index (κ2) is 8.42. The highest BCUT2D eigenvalue weighted by molar-refractivity contribution is 6.34. The van der Waals surface area contributed by atoms with Gasteiger partial charge in [0, 0.05) is 33.8 Å². The van der Waals surface area contributed by atoms with Gasteiger partial charge in [0.1, 0.15) is 0 Å². The topological polar surface area (TPSA) is 54.7 Å². The molecule has 4 aromatic rings. The van der Waals surface area contributed by atoms with Crippen LogP contribution in [0.1, 0.15) is 51.0 Å². The van der Waals surface area contributed by atoms with Crippen molar-refractivity contribution >= 4 is 41.2 Å². The number of benzene rings is 3. The van der Waals surface area contributed by atoms with Crippen LogP contribution in [0.25, 0.3) is 5.69 Å². The first kappa shape index (κ1) is 23.4.